The number of carbonyl (C=O) groups excluding carboxylic acids is 1. The van der Waals surface area contributed by atoms with E-state index in [9.17, 15) is 20.2 Å². The van der Waals surface area contributed by atoms with Crippen LogP contribution in [0.2, 0.25) is 0 Å². The third kappa shape index (κ3) is 3.16. The third-order valence-corrected chi connectivity index (χ3v) is 3.38. The van der Waals surface area contributed by atoms with Crippen LogP contribution >= 0.6 is 0 Å². The topological polar surface area (TPSA) is 124 Å². The Hall–Kier alpha value is -3.28. The van der Waals surface area contributed by atoms with E-state index in [4.69, 9.17) is 0 Å². The Morgan fingerprint density at radius 1 is 1.57 bits per heavy atom. The van der Waals surface area contributed by atoms with Crippen molar-refractivity contribution < 1.29 is 14.5 Å². The Balaban J connectivity index is 2.57. The predicted octanol–water partition coefficient (Wildman–Crippen LogP) is 1.36. The molecule has 0 amide bonds. The van der Waals surface area contributed by atoms with E-state index >= 15 is 0 Å². The minimum atomic E-state index is -0.936. The summed E-state index contributed by atoms with van der Waals surface area (Å²) >= 11 is 0. The molecule has 1 unspecified atom stereocenters. The van der Waals surface area contributed by atoms with Crippen molar-refractivity contribution in [2.75, 3.05) is 7.11 Å². The Labute approximate surface area is 131 Å². The van der Waals surface area contributed by atoms with Gasteiger partial charge in [0.05, 0.1) is 35.1 Å². The van der Waals surface area contributed by atoms with Gasteiger partial charge >= 0.3 is 5.97 Å². The molecule has 0 bridgehead atoms. The summed E-state index contributed by atoms with van der Waals surface area (Å²) in [6.45, 7) is 0. The summed E-state index contributed by atoms with van der Waals surface area (Å²) in [7, 11) is 2.83. The highest BCUT2D eigenvalue weighted by Gasteiger charge is 2.29. The molecule has 118 valence electrons. The van der Waals surface area contributed by atoms with Crippen LogP contribution < -0.4 is 0 Å². The number of hydrogen-bond acceptors (Lipinski definition) is 7. The minimum absolute atomic E-state index is 0.00424. The fourth-order valence-corrected chi connectivity index (χ4v) is 2.27. The highest BCUT2D eigenvalue weighted by Crippen LogP contribution is 2.32. The summed E-state index contributed by atoms with van der Waals surface area (Å²) in [5.41, 5.74) is -0.285. The maximum Gasteiger partial charge on any atom is 0.338 e. The number of rotatable bonds is 5. The number of hydrogen-bond donors (Lipinski definition) is 0. The Morgan fingerprint density at radius 3 is 2.83 bits per heavy atom. The first-order valence-corrected chi connectivity index (χ1v) is 6.57. The van der Waals surface area contributed by atoms with E-state index in [1.165, 1.54) is 36.3 Å². The van der Waals surface area contributed by atoms with Crippen molar-refractivity contribution in [3.63, 3.8) is 0 Å². The molecule has 1 aromatic carbocycles. The number of carbonyl (C=O) groups is 1. The van der Waals surface area contributed by atoms with Gasteiger partial charge in [-0.05, 0) is 6.07 Å². The number of benzene rings is 1. The predicted molar refractivity (Wildman–Crippen MR) is 77.5 cm³/mol. The molecule has 0 aliphatic heterocycles. The zero-order valence-corrected chi connectivity index (χ0v) is 12.5. The molecule has 23 heavy (non-hydrogen) atoms. The normalized spacial score (nSPS) is 11.5. The van der Waals surface area contributed by atoms with Gasteiger partial charge in [-0.3, -0.25) is 14.8 Å². The van der Waals surface area contributed by atoms with Crippen molar-refractivity contribution in [2.24, 2.45) is 7.05 Å². The highest BCUT2D eigenvalue weighted by molar-refractivity contribution is 5.92. The van der Waals surface area contributed by atoms with Crippen molar-refractivity contribution in [1.82, 2.24) is 14.8 Å². The number of aryl methyl sites for hydroxylation is 1. The highest BCUT2D eigenvalue weighted by atomic mass is 16.6. The number of aromatic nitrogens is 3. The maximum absolute atomic E-state index is 11.9. The first kappa shape index (κ1) is 16.1. The minimum Gasteiger partial charge on any atom is -0.465 e. The lowest BCUT2D eigenvalue weighted by molar-refractivity contribution is -0.385. The molecular weight excluding hydrogens is 302 g/mol. The number of methoxy groups -OCH3 is 1. The quantitative estimate of drug-likeness (QED) is 0.463. The van der Waals surface area contributed by atoms with E-state index in [2.05, 4.69) is 14.8 Å². The van der Waals surface area contributed by atoms with Gasteiger partial charge in [0, 0.05) is 19.5 Å². The lowest BCUT2D eigenvalue weighted by Gasteiger charge is -2.13. The number of nitrogens with zero attached hydrogens (tertiary/aromatic N) is 5. The van der Waals surface area contributed by atoms with Crippen LogP contribution in [0.5, 0.6) is 0 Å². The second-order valence-electron chi connectivity index (χ2n) is 4.67. The van der Waals surface area contributed by atoms with Crippen LogP contribution in [0.25, 0.3) is 0 Å². The monoisotopic (exact) mass is 315 g/mol. The molecule has 9 nitrogen and oxygen atoms in total. The SMILES string of the molecule is COC(=O)c1cccc([N+](=O)[O-])c1C(C#N)Cc1ncnn1C. The van der Waals surface area contributed by atoms with Crippen molar-refractivity contribution in [1.29, 1.82) is 5.26 Å². The van der Waals surface area contributed by atoms with E-state index in [1.54, 1.807) is 7.05 Å². The lowest BCUT2D eigenvalue weighted by atomic mass is 9.90. The van der Waals surface area contributed by atoms with Crippen molar-refractivity contribution in [2.45, 2.75) is 12.3 Å². The maximum atomic E-state index is 11.9. The van der Waals surface area contributed by atoms with Gasteiger partial charge < -0.3 is 4.74 Å². The molecule has 2 rings (SSSR count). The number of esters is 1. The molecule has 0 fully saturated rings. The molecule has 0 spiro atoms. The number of nitriles is 1. The van der Waals surface area contributed by atoms with Gasteiger partial charge in [0.2, 0.25) is 0 Å². The van der Waals surface area contributed by atoms with Crippen LogP contribution in [0.1, 0.15) is 27.7 Å². The van der Waals surface area contributed by atoms with Gasteiger partial charge in [0.1, 0.15) is 12.2 Å². The van der Waals surface area contributed by atoms with Crippen LogP contribution in [0.15, 0.2) is 24.5 Å². The molecule has 1 atom stereocenters. The van der Waals surface area contributed by atoms with Crippen LogP contribution in [-0.4, -0.2) is 32.8 Å². The molecule has 1 aromatic heterocycles. The number of nitro benzene ring substituents is 1. The summed E-state index contributed by atoms with van der Waals surface area (Å²) in [5, 5.41) is 24.7. The smallest absolute Gasteiger partial charge is 0.338 e. The molecule has 0 aliphatic carbocycles. The molecule has 0 radical (unpaired) electrons. The zero-order valence-electron chi connectivity index (χ0n) is 12.5. The second kappa shape index (κ2) is 6.65. The third-order valence-electron chi connectivity index (χ3n) is 3.38. The number of ether oxygens (including phenoxy) is 1. The van der Waals surface area contributed by atoms with Gasteiger partial charge in [-0.25, -0.2) is 9.78 Å². The summed E-state index contributed by atoms with van der Waals surface area (Å²) in [4.78, 5) is 26.6. The second-order valence-corrected chi connectivity index (χ2v) is 4.67. The largest absolute Gasteiger partial charge is 0.465 e. The molecular formula is C14H13N5O4. The summed E-state index contributed by atoms with van der Waals surface area (Å²) in [5.74, 6) is -1.19. The Morgan fingerprint density at radius 2 is 2.30 bits per heavy atom. The molecule has 0 N–H and O–H groups in total. The molecule has 0 aliphatic rings. The van der Waals surface area contributed by atoms with Crippen molar-refractivity contribution in [3.05, 3.63) is 51.6 Å². The first-order valence-electron chi connectivity index (χ1n) is 6.57. The van der Waals surface area contributed by atoms with Gasteiger partial charge in [-0.1, -0.05) is 6.07 Å². The van der Waals surface area contributed by atoms with Crippen molar-refractivity contribution >= 4 is 11.7 Å². The van der Waals surface area contributed by atoms with E-state index in [1.807, 2.05) is 6.07 Å². The zero-order chi connectivity index (χ0) is 17.0. The molecule has 9 heteroatoms. The first-order chi connectivity index (χ1) is 11.0. The fraction of sp³-hybridized carbons (Fsp3) is 0.286. The fourth-order valence-electron chi connectivity index (χ4n) is 2.27. The van der Waals surface area contributed by atoms with Gasteiger partial charge in [-0.15, -0.1) is 0 Å². The van der Waals surface area contributed by atoms with E-state index in [0.29, 0.717) is 5.82 Å². The Bertz CT molecular complexity index is 793. The van der Waals surface area contributed by atoms with Crippen LogP contribution in [0.4, 0.5) is 5.69 Å². The summed E-state index contributed by atoms with van der Waals surface area (Å²) < 4.78 is 6.13. The summed E-state index contributed by atoms with van der Waals surface area (Å²) in [6, 6.07) is 6.04. The van der Waals surface area contributed by atoms with Crippen molar-refractivity contribution in [3.8, 4) is 6.07 Å². The van der Waals surface area contributed by atoms with E-state index < -0.39 is 16.8 Å². The molecule has 1 heterocycles. The average molecular weight is 315 g/mol. The van der Waals surface area contributed by atoms with E-state index in [-0.39, 0.29) is 23.2 Å². The van der Waals surface area contributed by atoms with Gasteiger partial charge in [0.25, 0.3) is 5.69 Å². The lowest BCUT2D eigenvalue weighted by Crippen LogP contribution is -2.14. The van der Waals surface area contributed by atoms with Crippen LogP contribution in [0.3, 0.4) is 0 Å². The molecule has 0 saturated carbocycles. The molecule has 0 saturated heterocycles. The standard InChI is InChI=1S/C14H13N5O4/c1-18-12(16-8-17-18)6-9(7-15)13-10(14(20)23-2)4-3-5-11(13)19(21)22/h3-5,8-9H,6H2,1-2H3. The van der Waals surface area contributed by atoms with Gasteiger partial charge in [0.15, 0.2) is 0 Å². The molecule has 2 aromatic rings. The van der Waals surface area contributed by atoms with E-state index in [0.717, 1.165) is 0 Å². The average Bonchev–Trinajstić information content (AvgIpc) is 2.96. The van der Waals surface area contributed by atoms with Crippen LogP contribution in [0, 0.1) is 21.4 Å². The number of nitro groups is 1. The summed E-state index contributed by atoms with van der Waals surface area (Å²) in [6.07, 6.45) is 1.41. The van der Waals surface area contributed by atoms with Gasteiger partial charge in [-0.2, -0.15) is 10.4 Å². The Kier molecular flexibility index (Phi) is 4.66. The van der Waals surface area contributed by atoms with Crippen LogP contribution in [-0.2, 0) is 18.2 Å².